The fraction of sp³-hybridized carbons (Fsp3) is 0.212. The molecule has 0 aromatic heterocycles. The molecule has 1 heterocycles. The van der Waals surface area contributed by atoms with E-state index < -0.39 is 15.7 Å². The number of fused-ring (bicyclic) bond motifs is 2. The largest absolute Gasteiger partial charge is 0.350 e. The van der Waals surface area contributed by atoms with Gasteiger partial charge in [0.1, 0.15) is 0 Å². The van der Waals surface area contributed by atoms with Crippen molar-refractivity contribution in [1.29, 1.82) is 0 Å². The van der Waals surface area contributed by atoms with Crippen molar-refractivity contribution in [2.75, 3.05) is 4.90 Å². The lowest BCUT2D eigenvalue weighted by molar-refractivity contribution is 0.0935. The van der Waals surface area contributed by atoms with Gasteiger partial charge in [-0.2, -0.15) is 0 Å². The second kappa shape index (κ2) is 11.1. The smallest absolute Gasteiger partial charge is 0.259 e. The fourth-order valence-corrected chi connectivity index (χ4v) is 6.68. The van der Waals surface area contributed by atoms with E-state index in [4.69, 9.17) is 0 Å². The molecule has 40 heavy (non-hydrogen) atoms. The van der Waals surface area contributed by atoms with Gasteiger partial charge in [0.05, 0.1) is 27.6 Å². The Morgan fingerprint density at radius 3 is 2.38 bits per heavy atom. The molecule has 0 bridgehead atoms. The van der Waals surface area contributed by atoms with Crippen molar-refractivity contribution in [2.45, 2.75) is 56.0 Å². The minimum Gasteiger partial charge on any atom is -0.350 e. The monoisotopic (exact) mass is 552 g/mol. The second-order valence-corrected chi connectivity index (χ2v) is 12.3. The normalized spacial score (nSPS) is 14.6. The SMILES string of the molecule is Cc1ccc(C)c(CN2C(=O)c3ccccc3S(=O)(=O)c3ccc(C(=O)N[C@@H](C)CCc4ccccc4)cc32)c1. The van der Waals surface area contributed by atoms with E-state index in [9.17, 15) is 18.0 Å². The van der Waals surface area contributed by atoms with Gasteiger partial charge in [-0.25, -0.2) is 8.42 Å². The Morgan fingerprint density at radius 2 is 1.60 bits per heavy atom. The Kier molecular flexibility index (Phi) is 7.59. The first-order chi connectivity index (χ1) is 19.1. The molecular formula is C33H32N2O4S. The molecule has 0 saturated carbocycles. The number of amides is 2. The van der Waals surface area contributed by atoms with Crippen LogP contribution < -0.4 is 10.2 Å². The van der Waals surface area contributed by atoms with Crippen LogP contribution in [0.15, 0.2) is 101 Å². The van der Waals surface area contributed by atoms with E-state index >= 15 is 0 Å². The Balaban J connectivity index is 1.52. The first-order valence-corrected chi connectivity index (χ1v) is 14.8. The number of hydrogen-bond donors (Lipinski definition) is 1. The molecule has 1 aliphatic rings. The van der Waals surface area contributed by atoms with Crippen LogP contribution in [0.2, 0.25) is 0 Å². The number of aryl methyl sites for hydroxylation is 3. The molecule has 2 amide bonds. The Morgan fingerprint density at radius 1 is 0.875 bits per heavy atom. The van der Waals surface area contributed by atoms with Crippen LogP contribution in [-0.4, -0.2) is 26.3 Å². The minimum atomic E-state index is -4.01. The van der Waals surface area contributed by atoms with Crippen LogP contribution >= 0.6 is 0 Å². The van der Waals surface area contributed by atoms with Crippen LogP contribution in [0.4, 0.5) is 5.69 Å². The Labute approximate surface area is 235 Å². The highest BCUT2D eigenvalue weighted by molar-refractivity contribution is 7.91. The van der Waals surface area contributed by atoms with Crippen molar-refractivity contribution < 1.29 is 18.0 Å². The lowest BCUT2D eigenvalue weighted by Crippen LogP contribution is -2.34. The number of nitrogens with one attached hydrogen (secondary N) is 1. The Bertz CT molecular complexity index is 1700. The van der Waals surface area contributed by atoms with Gasteiger partial charge in [0, 0.05) is 11.6 Å². The van der Waals surface area contributed by atoms with Crippen LogP contribution in [0.25, 0.3) is 0 Å². The summed E-state index contributed by atoms with van der Waals surface area (Å²) in [4.78, 5) is 28.7. The van der Waals surface area contributed by atoms with Gasteiger partial charge in [-0.15, -0.1) is 0 Å². The van der Waals surface area contributed by atoms with Crippen molar-refractivity contribution >= 4 is 27.3 Å². The van der Waals surface area contributed by atoms with Gasteiger partial charge >= 0.3 is 0 Å². The maximum atomic E-state index is 13.9. The van der Waals surface area contributed by atoms with Gasteiger partial charge in [-0.1, -0.05) is 66.2 Å². The molecule has 0 saturated heterocycles. The fourth-order valence-electron chi connectivity index (χ4n) is 5.05. The number of benzene rings is 4. The topological polar surface area (TPSA) is 83.6 Å². The number of anilines is 1. The van der Waals surface area contributed by atoms with E-state index in [1.54, 1.807) is 18.2 Å². The summed E-state index contributed by atoms with van der Waals surface area (Å²) < 4.78 is 27.6. The second-order valence-electron chi connectivity index (χ2n) is 10.4. The molecule has 4 aromatic rings. The first-order valence-electron chi connectivity index (χ1n) is 13.4. The van der Waals surface area contributed by atoms with Crippen LogP contribution in [0.5, 0.6) is 0 Å². The summed E-state index contributed by atoms with van der Waals surface area (Å²) in [5.74, 6) is -0.741. The van der Waals surface area contributed by atoms with Crippen LogP contribution in [-0.2, 0) is 22.8 Å². The molecule has 0 aliphatic carbocycles. The third-order valence-electron chi connectivity index (χ3n) is 7.37. The zero-order chi connectivity index (χ0) is 28.4. The van der Waals surface area contributed by atoms with Crippen molar-refractivity contribution in [2.24, 2.45) is 0 Å². The average Bonchev–Trinajstić information content (AvgIpc) is 3.02. The molecule has 0 unspecified atom stereocenters. The van der Waals surface area contributed by atoms with E-state index in [-0.39, 0.29) is 39.5 Å². The molecule has 1 atom stereocenters. The highest BCUT2D eigenvalue weighted by Gasteiger charge is 2.36. The van der Waals surface area contributed by atoms with Gasteiger partial charge < -0.3 is 10.2 Å². The van der Waals surface area contributed by atoms with E-state index in [1.165, 1.54) is 34.7 Å². The molecule has 204 valence electrons. The molecule has 1 N–H and O–H groups in total. The van der Waals surface area contributed by atoms with Gasteiger partial charge in [-0.3, -0.25) is 9.59 Å². The molecule has 1 aliphatic heterocycles. The summed E-state index contributed by atoms with van der Waals surface area (Å²) in [6.07, 6.45) is 1.57. The predicted octanol–water partition coefficient (Wildman–Crippen LogP) is 6.05. The Hall–Kier alpha value is -4.23. The zero-order valence-electron chi connectivity index (χ0n) is 22.8. The van der Waals surface area contributed by atoms with E-state index in [0.717, 1.165) is 29.5 Å². The highest BCUT2D eigenvalue weighted by Crippen LogP contribution is 2.38. The third kappa shape index (κ3) is 5.42. The maximum absolute atomic E-state index is 13.9. The summed E-state index contributed by atoms with van der Waals surface area (Å²) in [6, 6.07) is 26.7. The third-order valence-corrected chi connectivity index (χ3v) is 9.23. The summed E-state index contributed by atoms with van der Waals surface area (Å²) in [6.45, 7) is 6.05. The van der Waals surface area contributed by atoms with E-state index in [1.807, 2.05) is 57.2 Å². The molecule has 6 nitrogen and oxygen atoms in total. The quantitative estimate of drug-likeness (QED) is 0.303. The van der Waals surface area contributed by atoms with Crippen molar-refractivity contribution in [3.8, 4) is 0 Å². The van der Waals surface area contributed by atoms with Crippen molar-refractivity contribution in [3.63, 3.8) is 0 Å². The number of carbonyl (C=O) groups is 2. The van der Waals surface area contributed by atoms with Gasteiger partial charge in [0.25, 0.3) is 11.8 Å². The number of hydrogen-bond acceptors (Lipinski definition) is 4. The van der Waals surface area contributed by atoms with Gasteiger partial charge in [0.15, 0.2) is 0 Å². The molecular weight excluding hydrogens is 520 g/mol. The molecule has 0 spiro atoms. The van der Waals surface area contributed by atoms with Gasteiger partial charge in [0.2, 0.25) is 9.84 Å². The summed E-state index contributed by atoms with van der Waals surface area (Å²) in [7, 11) is -4.01. The minimum absolute atomic E-state index is 0.00443. The van der Waals surface area contributed by atoms with E-state index in [0.29, 0.717) is 5.56 Å². The standard InChI is InChI=1S/C33H32N2O4S/c1-22-13-14-23(2)27(19-22)21-35-29-20-26(32(36)34-24(3)15-16-25-9-5-4-6-10-25)17-18-31(29)40(38,39)30-12-8-7-11-28(30)33(35)37/h4-14,17-20,24H,15-16,21H2,1-3H3,(H,34,36)/t24-/m0/s1. The molecule has 4 aromatic carbocycles. The van der Waals surface area contributed by atoms with Crippen molar-refractivity contribution in [3.05, 3.63) is 124 Å². The zero-order valence-corrected chi connectivity index (χ0v) is 23.7. The lowest BCUT2D eigenvalue weighted by Gasteiger charge is -2.25. The lowest BCUT2D eigenvalue weighted by atomic mass is 10.0. The highest BCUT2D eigenvalue weighted by atomic mass is 32.2. The van der Waals surface area contributed by atoms with Crippen LogP contribution in [0.1, 0.15) is 56.3 Å². The first kappa shape index (κ1) is 27.3. The van der Waals surface area contributed by atoms with Crippen molar-refractivity contribution in [1.82, 2.24) is 5.32 Å². The molecule has 5 rings (SSSR count). The summed E-state index contributed by atoms with van der Waals surface area (Å²) in [5, 5.41) is 3.03. The summed E-state index contributed by atoms with van der Waals surface area (Å²) in [5.41, 5.74) is 4.73. The van der Waals surface area contributed by atoms with Gasteiger partial charge in [-0.05, 0) is 80.6 Å². The number of sulfone groups is 1. The predicted molar refractivity (Wildman–Crippen MR) is 156 cm³/mol. The van der Waals surface area contributed by atoms with Crippen LogP contribution in [0, 0.1) is 13.8 Å². The number of nitrogens with zero attached hydrogens (tertiary/aromatic N) is 1. The number of carbonyl (C=O) groups excluding carboxylic acids is 2. The maximum Gasteiger partial charge on any atom is 0.259 e. The molecule has 0 radical (unpaired) electrons. The van der Waals surface area contributed by atoms with Crippen LogP contribution in [0.3, 0.4) is 0 Å². The number of rotatable bonds is 7. The summed E-state index contributed by atoms with van der Waals surface area (Å²) >= 11 is 0. The molecule has 0 fully saturated rings. The average molecular weight is 553 g/mol. The molecule has 7 heteroatoms. The van der Waals surface area contributed by atoms with E-state index in [2.05, 4.69) is 17.4 Å².